The molecule has 1 aromatic heterocycles. The molecule has 0 fully saturated rings. The molecule has 0 amide bonds. The third-order valence-electron chi connectivity index (χ3n) is 3.44. The SMILES string of the molecule is CCC(CC)N(C)c1nc(C)c(C(C)NC)s1. The van der Waals surface area contributed by atoms with Gasteiger partial charge in [-0.1, -0.05) is 13.8 Å². The van der Waals surface area contributed by atoms with E-state index in [-0.39, 0.29) is 0 Å². The Labute approximate surface area is 109 Å². The largest absolute Gasteiger partial charge is 0.348 e. The minimum atomic E-state index is 0.386. The lowest BCUT2D eigenvalue weighted by Gasteiger charge is -2.25. The van der Waals surface area contributed by atoms with Gasteiger partial charge in [-0.25, -0.2) is 4.98 Å². The van der Waals surface area contributed by atoms with Crippen molar-refractivity contribution in [2.45, 2.75) is 52.6 Å². The molecule has 3 nitrogen and oxygen atoms in total. The second-order valence-corrected chi connectivity index (χ2v) is 5.55. The lowest BCUT2D eigenvalue weighted by atomic mass is 10.1. The average Bonchev–Trinajstić information content (AvgIpc) is 2.71. The van der Waals surface area contributed by atoms with Crippen LogP contribution in [0.5, 0.6) is 0 Å². The van der Waals surface area contributed by atoms with Crippen molar-refractivity contribution in [1.29, 1.82) is 0 Å². The summed E-state index contributed by atoms with van der Waals surface area (Å²) in [6.45, 7) is 8.76. The summed E-state index contributed by atoms with van der Waals surface area (Å²) < 4.78 is 0. The highest BCUT2D eigenvalue weighted by molar-refractivity contribution is 7.15. The molecular weight excluding hydrogens is 230 g/mol. The highest BCUT2D eigenvalue weighted by Gasteiger charge is 2.18. The maximum absolute atomic E-state index is 4.70. The molecule has 0 aromatic carbocycles. The van der Waals surface area contributed by atoms with E-state index in [0.717, 1.165) is 10.8 Å². The first-order valence-electron chi connectivity index (χ1n) is 6.42. The number of rotatable bonds is 6. The van der Waals surface area contributed by atoms with Gasteiger partial charge in [0.05, 0.1) is 5.69 Å². The minimum absolute atomic E-state index is 0.386. The van der Waals surface area contributed by atoms with Crippen LogP contribution in [-0.2, 0) is 0 Å². The topological polar surface area (TPSA) is 28.2 Å². The Bertz CT molecular complexity index is 344. The van der Waals surface area contributed by atoms with E-state index < -0.39 is 0 Å². The predicted molar refractivity (Wildman–Crippen MR) is 77.1 cm³/mol. The van der Waals surface area contributed by atoms with Gasteiger partial charge in [0.2, 0.25) is 0 Å². The Hall–Kier alpha value is -0.610. The monoisotopic (exact) mass is 255 g/mol. The number of aryl methyl sites for hydroxylation is 1. The summed E-state index contributed by atoms with van der Waals surface area (Å²) in [7, 11) is 4.15. The van der Waals surface area contributed by atoms with Crippen LogP contribution in [0.25, 0.3) is 0 Å². The van der Waals surface area contributed by atoms with E-state index in [9.17, 15) is 0 Å². The Balaban J connectivity index is 2.92. The fraction of sp³-hybridized carbons (Fsp3) is 0.769. The van der Waals surface area contributed by atoms with Crippen LogP contribution in [0.3, 0.4) is 0 Å². The van der Waals surface area contributed by atoms with Crippen LogP contribution in [0.4, 0.5) is 5.13 Å². The van der Waals surface area contributed by atoms with Gasteiger partial charge >= 0.3 is 0 Å². The molecule has 0 saturated heterocycles. The average molecular weight is 255 g/mol. The molecular formula is C13H25N3S. The number of nitrogens with one attached hydrogen (secondary N) is 1. The normalized spacial score (nSPS) is 13.1. The second kappa shape index (κ2) is 6.36. The third-order valence-corrected chi connectivity index (χ3v) is 4.87. The van der Waals surface area contributed by atoms with E-state index in [1.165, 1.54) is 17.7 Å². The van der Waals surface area contributed by atoms with Gasteiger partial charge in [0.15, 0.2) is 5.13 Å². The molecule has 1 N–H and O–H groups in total. The van der Waals surface area contributed by atoms with Gasteiger partial charge in [0, 0.05) is 24.0 Å². The standard InChI is InChI=1S/C13H25N3S/c1-7-11(8-2)16(6)13-15-10(4)12(17-13)9(3)14-5/h9,11,14H,7-8H2,1-6H3. The Morgan fingerprint density at radius 1 is 1.35 bits per heavy atom. The van der Waals surface area contributed by atoms with Crippen molar-refractivity contribution in [1.82, 2.24) is 10.3 Å². The molecule has 0 aliphatic rings. The molecule has 17 heavy (non-hydrogen) atoms. The van der Waals surface area contributed by atoms with Crippen LogP contribution in [0, 0.1) is 6.92 Å². The molecule has 0 aliphatic carbocycles. The van der Waals surface area contributed by atoms with Gasteiger partial charge < -0.3 is 10.2 Å². The second-order valence-electron chi connectivity index (χ2n) is 4.54. The van der Waals surface area contributed by atoms with E-state index in [1.54, 1.807) is 0 Å². The summed E-state index contributed by atoms with van der Waals surface area (Å²) in [6.07, 6.45) is 2.34. The van der Waals surface area contributed by atoms with Crippen LogP contribution in [0.15, 0.2) is 0 Å². The number of hydrogen-bond acceptors (Lipinski definition) is 4. The Morgan fingerprint density at radius 3 is 2.41 bits per heavy atom. The smallest absolute Gasteiger partial charge is 0.185 e. The van der Waals surface area contributed by atoms with E-state index in [1.807, 2.05) is 18.4 Å². The molecule has 1 heterocycles. The summed E-state index contributed by atoms with van der Waals surface area (Å²) >= 11 is 1.81. The molecule has 1 atom stereocenters. The zero-order valence-electron chi connectivity index (χ0n) is 11.9. The van der Waals surface area contributed by atoms with Gasteiger partial charge in [0.25, 0.3) is 0 Å². The van der Waals surface area contributed by atoms with Crippen LogP contribution in [-0.4, -0.2) is 25.1 Å². The summed E-state index contributed by atoms with van der Waals surface area (Å²) in [4.78, 5) is 8.37. The molecule has 98 valence electrons. The van der Waals surface area contributed by atoms with Gasteiger partial charge in [-0.05, 0) is 33.7 Å². The summed E-state index contributed by atoms with van der Waals surface area (Å²) in [5.41, 5.74) is 1.16. The summed E-state index contributed by atoms with van der Waals surface area (Å²) in [6, 6.07) is 0.981. The first-order chi connectivity index (χ1) is 8.04. The molecule has 0 bridgehead atoms. The van der Waals surface area contributed by atoms with Crippen molar-refractivity contribution in [2.24, 2.45) is 0 Å². The quantitative estimate of drug-likeness (QED) is 0.845. The van der Waals surface area contributed by atoms with E-state index >= 15 is 0 Å². The van der Waals surface area contributed by atoms with E-state index in [4.69, 9.17) is 4.98 Å². The van der Waals surface area contributed by atoms with Crippen LogP contribution >= 0.6 is 11.3 Å². The number of anilines is 1. The molecule has 4 heteroatoms. The maximum Gasteiger partial charge on any atom is 0.185 e. The van der Waals surface area contributed by atoms with Gasteiger partial charge in [0.1, 0.15) is 0 Å². The van der Waals surface area contributed by atoms with Crippen molar-refractivity contribution in [3.8, 4) is 0 Å². The third kappa shape index (κ3) is 3.19. The Morgan fingerprint density at radius 2 is 1.94 bits per heavy atom. The van der Waals surface area contributed by atoms with E-state index in [0.29, 0.717) is 12.1 Å². The van der Waals surface area contributed by atoms with Crippen LogP contribution < -0.4 is 10.2 Å². The maximum atomic E-state index is 4.70. The zero-order valence-corrected chi connectivity index (χ0v) is 12.7. The van der Waals surface area contributed by atoms with Gasteiger partial charge in [-0.3, -0.25) is 0 Å². The first-order valence-corrected chi connectivity index (χ1v) is 7.24. The zero-order chi connectivity index (χ0) is 13.0. The molecule has 0 aliphatic heterocycles. The van der Waals surface area contributed by atoms with Gasteiger partial charge in [-0.15, -0.1) is 11.3 Å². The molecule has 1 rings (SSSR count). The number of aromatic nitrogens is 1. The van der Waals surface area contributed by atoms with Crippen molar-refractivity contribution >= 4 is 16.5 Å². The highest BCUT2D eigenvalue weighted by Crippen LogP contribution is 2.31. The number of hydrogen-bond donors (Lipinski definition) is 1. The fourth-order valence-electron chi connectivity index (χ4n) is 2.07. The first kappa shape index (κ1) is 14.5. The lowest BCUT2D eigenvalue weighted by Crippen LogP contribution is -2.30. The predicted octanol–water partition coefficient (Wildman–Crippen LogP) is 3.36. The van der Waals surface area contributed by atoms with Crippen molar-refractivity contribution in [3.63, 3.8) is 0 Å². The summed E-state index contributed by atoms with van der Waals surface area (Å²) in [5, 5.41) is 4.43. The number of nitrogens with zero attached hydrogens (tertiary/aromatic N) is 2. The Kier molecular flexibility index (Phi) is 5.40. The molecule has 1 aromatic rings. The molecule has 1 unspecified atom stereocenters. The van der Waals surface area contributed by atoms with Crippen molar-refractivity contribution in [3.05, 3.63) is 10.6 Å². The van der Waals surface area contributed by atoms with Crippen molar-refractivity contribution in [2.75, 3.05) is 19.0 Å². The fourth-order valence-corrected chi connectivity index (χ4v) is 3.23. The van der Waals surface area contributed by atoms with E-state index in [2.05, 4.69) is 45.0 Å². The number of thiazole rings is 1. The highest BCUT2D eigenvalue weighted by atomic mass is 32.1. The lowest BCUT2D eigenvalue weighted by molar-refractivity contribution is 0.590. The van der Waals surface area contributed by atoms with Crippen LogP contribution in [0.2, 0.25) is 0 Å². The van der Waals surface area contributed by atoms with Gasteiger partial charge in [-0.2, -0.15) is 0 Å². The molecule has 0 saturated carbocycles. The minimum Gasteiger partial charge on any atom is -0.348 e. The van der Waals surface area contributed by atoms with Crippen molar-refractivity contribution < 1.29 is 0 Å². The summed E-state index contributed by atoms with van der Waals surface area (Å²) in [5.74, 6) is 0. The molecule has 0 spiro atoms. The molecule has 0 radical (unpaired) electrons. The van der Waals surface area contributed by atoms with Crippen LogP contribution in [0.1, 0.15) is 50.2 Å².